The lowest BCUT2D eigenvalue weighted by Gasteiger charge is -2.08. The van der Waals surface area contributed by atoms with Crippen molar-refractivity contribution in [2.75, 3.05) is 0 Å². The van der Waals surface area contributed by atoms with Gasteiger partial charge in [-0.2, -0.15) is 0 Å². The summed E-state index contributed by atoms with van der Waals surface area (Å²) in [5.41, 5.74) is 1.50. The van der Waals surface area contributed by atoms with Gasteiger partial charge in [0.15, 0.2) is 6.29 Å². The van der Waals surface area contributed by atoms with Gasteiger partial charge >= 0.3 is 0 Å². The lowest BCUT2D eigenvalue weighted by molar-refractivity contribution is 0.112. The molecule has 3 heteroatoms. The smallest absolute Gasteiger partial charge is 0.150 e. The Morgan fingerprint density at radius 1 is 1.06 bits per heavy atom. The number of hydrogen-bond acceptors (Lipinski definition) is 1. The topological polar surface area (TPSA) is 17.1 Å². The summed E-state index contributed by atoms with van der Waals surface area (Å²) in [7, 11) is 0. The van der Waals surface area contributed by atoms with E-state index in [-0.39, 0.29) is 5.82 Å². The molecule has 80 valence electrons. The first-order valence-electron chi connectivity index (χ1n) is 4.72. The summed E-state index contributed by atoms with van der Waals surface area (Å²) >= 11 is 3.29. The molecule has 0 spiro atoms. The molecule has 0 saturated carbocycles. The molecule has 0 heterocycles. The van der Waals surface area contributed by atoms with Crippen LogP contribution in [-0.4, -0.2) is 6.29 Å². The van der Waals surface area contributed by atoms with E-state index in [0.29, 0.717) is 21.2 Å². The van der Waals surface area contributed by atoms with E-state index in [0.717, 1.165) is 6.29 Å². The fourth-order valence-electron chi connectivity index (χ4n) is 1.58. The molecule has 0 bridgehead atoms. The highest BCUT2D eigenvalue weighted by atomic mass is 79.9. The predicted molar refractivity (Wildman–Crippen MR) is 64.9 cm³/mol. The Kier molecular flexibility index (Phi) is 3.15. The van der Waals surface area contributed by atoms with Gasteiger partial charge in [0, 0.05) is 15.6 Å². The molecule has 16 heavy (non-hydrogen) atoms. The van der Waals surface area contributed by atoms with E-state index in [9.17, 15) is 9.18 Å². The van der Waals surface area contributed by atoms with Crippen molar-refractivity contribution in [3.63, 3.8) is 0 Å². The van der Waals surface area contributed by atoms with Crippen molar-refractivity contribution in [2.45, 2.75) is 0 Å². The van der Waals surface area contributed by atoms with Crippen LogP contribution in [0.1, 0.15) is 10.4 Å². The molecule has 0 aromatic heterocycles. The summed E-state index contributed by atoms with van der Waals surface area (Å²) in [6.07, 6.45) is 0.730. The Morgan fingerprint density at radius 3 is 2.50 bits per heavy atom. The zero-order valence-corrected chi connectivity index (χ0v) is 9.87. The molecule has 1 nitrogen and oxygen atoms in total. The standard InChI is InChI=1S/C13H8BrFO/c14-11-6-3-7-12(15)13(11)10-5-2-1-4-9(10)8-16/h1-8H. The molecule has 0 aliphatic heterocycles. The third-order valence-corrected chi connectivity index (χ3v) is 2.98. The van der Waals surface area contributed by atoms with E-state index in [1.165, 1.54) is 6.07 Å². The number of carbonyl (C=O) groups is 1. The maximum atomic E-state index is 13.7. The average molecular weight is 279 g/mol. The number of carbonyl (C=O) groups excluding carboxylic acids is 1. The monoisotopic (exact) mass is 278 g/mol. The third-order valence-electron chi connectivity index (χ3n) is 2.32. The van der Waals surface area contributed by atoms with Crippen LogP contribution in [0.2, 0.25) is 0 Å². The Labute approximate surface area is 101 Å². The number of benzene rings is 2. The normalized spacial score (nSPS) is 10.1. The van der Waals surface area contributed by atoms with Crippen LogP contribution in [-0.2, 0) is 0 Å². The summed E-state index contributed by atoms with van der Waals surface area (Å²) in [4.78, 5) is 10.9. The summed E-state index contributed by atoms with van der Waals surface area (Å²) in [5.74, 6) is -0.344. The highest BCUT2D eigenvalue weighted by Crippen LogP contribution is 2.32. The molecular formula is C13H8BrFO. The van der Waals surface area contributed by atoms with Crippen LogP contribution < -0.4 is 0 Å². The first-order chi connectivity index (χ1) is 7.74. The summed E-state index contributed by atoms with van der Waals surface area (Å²) in [5, 5.41) is 0. The largest absolute Gasteiger partial charge is 0.298 e. The van der Waals surface area contributed by atoms with Gasteiger partial charge in [0.25, 0.3) is 0 Å². The van der Waals surface area contributed by atoms with Crippen molar-refractivity contribution in [3.8, 4) is 11.1 Å². The Hall–Kier alpha value is -1.48. The van der Waals surface area contributed by atoms with Crippen LogP contribution in [0.3, 0.4) is 0 Å². The summed E-state index contributed by atoms with van der Waals surface area (Å²) in [6.45, 7) is 0. The van der Waals surface area contributed by atoms with Crippen molar-refractivity contribution in [1.29, 1.82) is 0 Å². The van der Waals surface area contributed by atoms with Crippen molar-refractivity contribution in [1.82, 2.24) is 0 Å². The van der Waals surface area contributed by atoms with Crippen molar-refractivity contribution < 1.29 is 9.18 Å². The zero-order chi connectivity index (χ0) is 11.5. The molecular weight excluding hydrogens is 271 g/mol. The molecule has 0 unspecified atom stereocenters. The highest BCUT2D eigenvalue weighted by Gasteiger charge is 2.11. The molecule has 2 rings (SSSR count). The molecule has 0 aliphatic carbocycles. The fourth-order valence-corrected chi connectivity index (χ4v) is 2.14. The van der Waals surface area contributed by atoms with Gasteiger partial charge in [-0.1, -0.05) is 46.3 Å². The van der Waals surface area contributed by atoms with E-state index < -0.39 is 0 Å². The predicted octanol–water partition coefficient (Wildman–Crippen LogP) is 4.07. The molecule has 0 amide bonds. The van der Waals surface area contributed by atoms with Crippen molar-refractivity contribution in [2.24, 2.45) is 0 Å². The van der Waals surface area contributed by atoms with Crippen LogP contribution in [0, 0.1) is 5.82 Å². The van der Waals surface area contributed by atoms with E-state index in [4.69, 9.17) is 0 Å². The number of aldehydes is 1. The lowest BCUT2D eigenvalue weighted by atomic mass is 10.00. The van der Waals surface area contributed by atoms with Gasteiger partial charge in [-0.05, 0) is 17.7 Å². The first-order valence-corrected chi connectivity index (χ1v) is 5.52. The summed E-state index contributed by atoms with van der Waals surface area (Å²) < 4.78 is 14.3. The van der Waals surface area contributed by atoms with Crippen LogP contribution >= 0.6 is 15.9 Å². The van der Waals surface area contributed by atoms with Crippen LogP contribution in [0.5, 0.6) is 0 Å². The van der Waals surface area contributed by atoms with Gasteiger partial charge in [0.1, 0.15) is 5.82 Å². The molecule has 0 N–H and O–H groups in total. The minimum absolute atomic E-state index is 0.344. The maximum absolute atomic E-state index is 13.7. The maximum Gasteiger partial charge on any atom is 0.150 e. The van der Waals surface area contributed by atoms with Crippen molar-refractivity contribution in [3.05, 3.63) is 58.3 Å². The molecule has 0 fully saturated rings. The fraction of sp³-hybridized carbons (Fsp3) is 0. The Morgan fingerprint density at radius 2 is 1.81 bits per heavy atom. The molecule has 0 saturated heterocycles. The van der Waals surface area contributed by atoms with E-state index in [1.54, 1.807) is 36.4 Å². The van der Waals surface area contributed by atoms with E-state index >= 15 is 0 Å². The molecule has 0 atom stereocenters. The Bertz CT molecular complexity index is 517. The Balaban J connectivity index is 2.72. The van der Waals surface area contributed by atoms with Gasteiger partial charge in [-0.25, -0.2) is 4.39 Å². The molecule has 2 aromatic carbocycles. The SMILES string of the molecule is O=Cc1ccccc1-c1c(F)cccc1Br. The van der Waals surface area contributed by atoms with Gasteiger partial charge < -0.3 is 0 Å². The highest BCUT2D eigenvalue weighted by molar-refractivity contribution is 9.10. The number of rotatable bonds is 2. The van der Waals surface area contributed by atoms with E-state index in [2.05, 4.69) is 15.9 Å². The molecule has 0 aliphatic rings. The van der Waals surface area contributed by atoms with Gasteiger partial charge in [0.2, 0.25) is 0 Å². The zero-order valence-electron chi connectivity index (χ0n) is 8.28. The first kappa shape index (κ1) is 11.0. The second-order valence-corrected chi connectivity index (χ2v) is 4.16. The summed E-state index contributed by atoms with van der Waals surface area (Å²) in [6, 6.07) is 11.7. The van der Waals surface area contributed by atoms with Crippen LogP contribution in [0.15, 0.2) is 46.9 Å². The van der Waals surface area contributed by atoms with Crippen molar-refractivity contribution >= 4 is 22.2 Å². The van der Waals surface area contributed by atoms with Gasteiger partial charge in [-0.15, -0.1) is 0 Å². The molecule has 2 aromatic rings. The minimum Gasteiger partial charge on any atom is -0.298 e. The third kappa shape index (κ3) is 1.91. The number of hydrogen-bond donors (Lipinski definition) is 0. The quantitative estimate of drug-likeness (QED) is 0.757. The number of halogens is 2. The second-order valence-electron chi connectivity index (χ2n) is 3.30. The lowest BCUT2D eigenvalue weighted by Crippen LogP contribution is -1.91. The van der Waals surface area contributed by atoms with Gasteiger partial charge in [-0.3, -0.25) is 4.79 Å². The van der Waals surface area contributed by atoms with Crippen LogP contribution in [0.4, 0.5) is 4.39 Å². The minimum atomic E-state index is -0.344. The second kappa shape index (κ2) is 4.58. The molecule has 0 radical (unpaired) electrons. The van der Waals surface area contributed by atoms with Gasteiger partial charge in [0.05, 0.1) is 0 Å². The van der Waals surface area contributed by atoms with Crippen LogP contribution in [0.25, 0.3) is 11.1 Å². The van der Waals surface area contributed by atoms with E-state index in [1.807, 2.05) is 0 Å². The average Bonchev–Trinajstić information content (AvgIpc) is 2.29.